The van der Waals surface area contributed by atoms with Crippen molar-refractivity contribution >= 4 is 0 Å². The number of halogens is 2. The number of hydrogen-bond acceptors (Lipinski definition) is 2. The molecular formula is C10H18F2N2. The van der Waals surface area contributed by atoms with Crippen LogP contribution in [0.2, 0.25) is 0 Å². The molecule has 0 amide bonds. The fraction of sp³-hybridized carbons (Fsp3) is 1.00. The number of hydrogen-bond donors (Lipinski definition) is 1. The predicted octanol–water partition coefficient (Wildman–Crippen LogP) is 1.33. The van der Waals surface area contributed by atoms with Crippen molar-refractivity contribution in [3.8, 4) is 0 Å². The smallest absolute Gasteiger partial charge is 0.272 e. The molecule has 14 heavy (non-hydrogen) atoms. The Labute approximate surface area is 83.7 Å². The predicted molar refractivity (Wildman–Crippen MR) is 51.6 cm³/mol. The molecule has 0 aromatic heterocycles. The topological polar surface area (TPSA) is 15.3 Å². The van der Waals surface area contributed by atoms with Gasteiger partial charge in [0, 0.05) is 12.6 Å². The molecule has 1 aliphatic heterocycles. The second kappa shape index (κ2) is 3.74. The zero-order valence-electron chi connectivity index (χ0n) is 8.60. The molecule has 0 radical (unpaired) electrons. The lowest BCUT2D eigenvalue weighted by Gasteiger charge is -2.45. The first-order valence-corrected chi connectivity index (χ1v) is 5.39. The van der Waals surface area contributed by atoms with Crippen LogP contribution in [0.4, 0.5) is 8.78 Å². The summed E-state index contributed by atoms with van der Waals surface area (Å²) in [5.74, 6) is -1.84. The first-order chi connectivity index (χ1) is 6.62. The highest BCUT2D eigenvalue weighted by Crippen LogP contribution is 2.39. The van der Waals surface area contributed by atoms with Crippen molar-refractivity contribution < 1.29 is 8.78 Å². The largest absolute Gasteiger partial charge is 0.314 e. The summed E-state index contributed by atoms with van der Waals surface area (Å²) in [6.45, 7) is 0.625. The number of fused-ring (bicyclic) bond motifs is 1. The Hall–Kier alpha value is -0.220. The molecule has 1 saturated heterocycles. The van der Waals surface area contributed by atoms with Gasteiger partial charge in [-0.05, 0) is 25.8 Å². The summed E-state index contributed by atoms with van der Waals surface area (Å²) < 4.78 is 26.5. The number of nitrogens with zero attached hydrogens (tertiary/aromatic N) is 1. The van der Waals surface area contributed by atoms with E-state index < -0.39 is 5.92 Å². The Balaban J connectivity index is 1.81. The lowest BCUT2D eigenvalue weighted by molar-refractivity contribution is -0.0778. The Morgan fingerprint density at radius 2 is 2.21 bits per heavy atom. The van der Waals surface area contributed by atoms with Gasteiger partial charge >= 0.3 is 0 Å². The zero-order chi connectivity index (χ0) is 10.2. The summed E-state index contributed by atoms with van der Waals surface area (Å²) in [6.07, 6.45) is 3.60. The van der Waals surface area contributed by atoms with Gasteiger partial charge in [0.1, 0.15) is 0 Å². The molecule has 1 N–H and O–H groups in total. The molecule has 82 valence electrons. The van der Waals surface area contributed by atoms with Crippen LogP contribution in [-0.4, -0.2) is 43.5 Å². The van der Waals surface area contributed by atoms with E-state index in [1.165, 1.54) is 12.8 Å². The summed E-state index contributed by atoms with van der Waals surface area (Å²) in [5.41, 5.74) is 0. The van der Waals surface area contributed by atoms with Gasteiger partial charge in [0.05, 0.1) is 13.1 Å². The van der Waals surface area contributed by atoms with Gasteiger partial charge in [-0.15, -0.1) is 0 Å². The van der Waals surface area contributed by atoms with E-state index in [9.17, 15) is 8.78 Å². The zero-order valence-corrected chi connectivity index (χ0v) is 8.60. The van der Waals surface area contributed by atoms with Gasteiger partial charge in [0.15, 0.2) is 0 Å². The summed E-state index contributed by atoms with van der Waals surface area (Å²) in [6, 6.07) is 0.470. The van der Waals surface area contributed by atoms with E-state index in [1.54, 1.807) is 7.05 Å². The van der Waals surface area contributed by atoms with Crippen molar-refractivity contribution in [3.63, 3.8) is 0 Å². The third-order valence-corrected chi connectivity index (χ3v) is 3.43. The average Bonchev–Trinajstić information content (AvgIpc) is 2.43. The lowest BCUT2D eigenvalue weighted by atomic mass is 9.91. The summed E-state index contributed by atoms with van der Waals surface area (Å²) in [7, 11) is 1.57. The van der Waals surface area contributed by atoms with Gasteiger partial charge in [0.25, 0.3) is 5.92 Å². The van der Waals surface area contributed by atoms with Crippen LogP contribution in [0, 0.1) is 5.92 Å². The summed E-state index contributed by atoms with van der Waals surface area (Å²) >= 11 is 0. The van der Waals surface area contributed by atoms with Crippen molar-refractivity contribution in [1.82, 2.24) is 10.2 Å². The maximum absolute atomic E-state index is 13.2. The molecule has 1 aliphatic carbocycles. The molecule has 0 aromatic carbocycles. The molecule has 2 rings (SSSR count). The number of likely N-dealkylation sites (tertiary alicyclic amines) is 1. The van der Waals surface area contributed by atoms with Crippen LogP contribution in [0.3, 0.4) is 0 Å². The lowest BCUT2D eigenvalue weighted by Crippen LogP contribution is -2.58. The Bertz CT molecular complexity index is 208. The highest BCUT2D eigenvalue weighted by molar-refractivity contribution is 4.97. The van der Waals surface area contributed by atoms with Crippen molar-refractivity contribution in [1.29, 1.82) is 0 Å². The van der Waals surface area contributed by atoms with E-state index in [4.69, 9.17) is 0 Å². The fourth-order valence-electron chi connectivity index (χ4n) is 2.80. The SMILES string of the molecule is CNCC(F)(F)CN1CC2CCCC21. The summed E-state index contributed by atoms with van der Waals surface area (Å²) in [4.78, 5) is 1.95. The van der Waals surface area contributed by atoms with Gasteiger partial charge in [-0.2, -0.15) is 0 Å². The van der Waals surface area contributed by atoms with E-state index >= 15 is 0 Å². The molecule has 4 heteroatoms. The van der Waals surface area contributed by atoms with E-state index in [0.717, 1.165) is 18.9 Å². The molecule has 2 fully saturated rings. The van der Waals surface area contributed by atoms with Gasteiger partial charge in [-0.3, -0.25) is 4.90 Å². The highest BCUT2D eigenvalue weighted by atomic mass is 19.3. The maximum Gasteiger partial charge on any atom is 0.272 e. The van der Waals surface area contributed by atoms with Crippen molar-refractivity contribution in [2.75, 3.05) is 26.7 Å². The van der Waals surface area contributed by atoms with Gasteiger partial charge < -0.3 is 5.32 Å². The molecule has 0 bridgehead atoms. The number of alkyl halides is 2. The monoisotopic (exact) mass is 204 g/mol. The van der Waals surface area contributed by atoms with E-state index in [2.05, 4.69) is 5.32 Å². The van der Waals surface area contributed by atoms with Crippen LogP contribution in [0.5, 0.6) is 0 Å². The van der Waals surface area contributed by atoms with Gasteiger partial charge in [-0.1, -0.05) is 6.42 Å². The van der Waals surface area contributed by atoms with E-state index in [-0.39, 0.29) is 13.1 Å². The quantitative estimate of drug-likeness (QED) is 0.743. The van der Waals surface area contributed by atoms with E-state index in [1.807, 2.05) is 4.90 Å². The molecule has 2 aliphatic rings. The number of rotatable bonds is 4. The van der Waals surface area contributed by atoms with Gasteiger partial charge in [-0.25, -0.2) is 8.78 Å². The minimum absolute atomic E-state index is 0.0605. The third kappa shape index (κ3) is 1.91. The Morgan fingerprint density at radius 1 is 1.43 bits per heavy atom. The number of nitrogens with one attached hydrogen (secondary N) is 1. The Morgan fingerprint density at radius 3 is 2.86 bits per heavy atom. The van der Waals surface area contributed by atoms with Crippen LogP contribution in [0.25, 0.3) is 0 Å². The second-order valence-electron chi connectivity index (χ2n) is 4.57. The molecule has 1 heterocycles. The molecule has 1 saturated carbocycles. The first-order valence-electron chi connectivity index (χ1n) is 5.39. The molecular weight excluding hydrogens is 186 g/mol. The molecule has 2 atom stereocenters. The molecule has 2 nitrogen and oxygen atoms in total. The van der Waals surface area contributed by atoms with Crippen LogP contribution in [0.15, 0.2) is 0 Å². The Kier molecular flexibility index (Phi) is 2.75. The maximum atomic E-state index is 13.2. The van der Waals surface area contributed by atoms with Crippen molar-refractivity contribution in [3.05, 3.63) is 0 Å². The van der Waals surface area contributed by atoms with Crippen LogP contribution >= 0.6 is 0 Å². The minimum Gasteiger partial charge on any atom is -0.314 e. The molecule has 2 unspecified atom stereocenters. The highest BCUT2D eigenvalue weighted by Gasteiger charge is 2.45. The normalized spacial score (nSPS) is 32.8. The average molecular weight is 204 g/mol. The van der Waals surface area contributed by atoms with Gasteiger partial charge in [0.2, 0.25) is 0 Å². The van der Waals surface area contributed by atoms with Crippen LogP contribution < -0.4 is 5.32 Å². The standard InChI is InChI=1S/C10H18F2N2/c1-13-6-10(11,12)7-14-5-8-3-2-4-9(8)14/h8-9,13H,2-7H2,1H3. The van der Waals surface area contributed by atoms with Crippen molar-refractivity contribution in [2.45, 2.75) is 31.2 Å². The molecule has 0 spiro atoms. The van der Waals surface area contributed by atoms with Crippen molar-refractivity contribution in [2.24, 2.45) is 5.92 Å². The molecule has 0 aromatic rings. The third-order valence-electron chi connectivity index (χ3n) is 3.43. The van der Waals surface area contributed by atoms with Crippen LogP contribution in [-0.2, 0) is 0 Å². The second-order valence-corrected chi connectivity index (χ2v) is 4.57. The summed E-state index contributed by atoms with van der Waals surface area (Å²) in [5, 5.41) is 2.54. The minimum atomic E-state index is -2.57. The fourth-order valence-corrected chi connectivity index (χ4v) is 2.80. The first kappa shape index (κ1) is 10.3. The van der Waals surface area contributed by atoms with E-state index in [0.29, 0.717) is 6.04 Å². The van der Waals surface area contributed by atoms with Crippen LogP contribution in [0.1, 0.15) is 19.3 Å².